The van der Waals surface area contributed by atoms with Gasteiger partial charge in [0.05, 0.1) is 0 Å². The Morgan fingerprint density at radius 3 is 2.50 bits per heavy atom. The van der Waals surface area contributed by atoms with Crippen molar-refractivity contribution in [3.63, 3.8) is 0 Å². The molecule has 0 bridgehead atoms. The third-order valence-corrected chi connectivity index (χ3v) is 2.88. The zero-order valence-electron chi connectivity index (χ0n) is 10.5. The summed E-state index contributed by atoms with van der Waals surface area (Å²) in [4.78, 5) is 18.0. The minimum absolute atomic E-state index is 0.139. The molecule has 0 saturated heterocycles. The van der Waals surface area contributed by atoms with Gasteiger partial charge in [-0.1, -0.05) is 29.8 Å². The van der Waals surface area contributed by atoms with Crippen molar-refractivity contribution in [3.8, 4) is 0 Å². The fraction of sp³-hybridized carbons (Fsp3) is 0.286. The van der Waals surface area contributed by atoms with E-state index >= 15 is 0 Å². The van der Waals surface area contributed by atoms with E-state index in [-0.39, 0.29) is 5.69 Å². The van der Waals surface area contributed by atoms with Crippen molar-refractivity contribution in [2.24, 2.45) is 0 Å². The highest BCUT2D eigenvalue weighted by atomic mass is 16.4. The summed E-state index contributed by atoms with van der Waals surface area (Å²) in [6, 6.07) is 8.26. The maximum atomic E-state index is 11.0. The van der Waals surface area contributed by atoms with Gasteiger partial charge in [-0.2, -0.15) is 0 Å². The maximum Gasteiger partial charge on any atom is 0.356 e. The lowest BCUT2D eigenvalue weighted by Gasteiger charge is -2.01. The van der Waals surface area contributed by atoms with Crippen LogP contribution in [-0.4, -0.2) is 21.0 Å². The van der Waals surface area contributed by atoms with Gasteiger partial charge in [0.1, 0.15) is 5.82 Å². The van der Waals surface area contributed by atoms with Gasteiger partial charge >= 0.3 is 5.97 Å². The van der Waals surface area contributed by atoms with Gasteiger partial charge < -0.3 is 10.1 Å². The molecule has 94 valence electrons. The summed E-state index contributed by atoms with van der Waals surface area (Å²) in [5, 5.41) is 9.03. The van der Waals surface area contributed by atoms with Gasteiger partial charge in [0.2, 0.25) is 0 Å². The molecule has 4 heteroatoms. The number of carbonyl (C=O) groups is 1. The Bertz CT molecular complexity index is 556. The summed E-state index contributed by atoms with van der Waals surface area (Å²) < 4.78 is 0. The van der Waals surface area contributed by atoms with E-state index in [1.807, 2.05) is 6.92 Å². The minimum atomic E-state index is -0.974. The van der Waals surface area contributed by atoms with Crippen LogP contribution in [0.5, 0.6) is 0 Å². The summed E-state index contributed by atoms with van der Waals surface area (Å²) in [6.45, 7) is 3.81. The number of aromatic nitrogens is 2. The molecule has 0 aliphatic carbocycles. The zero-order chi connectivity index (χ0) is 13.1. The highest BCUT2D eigenvalue weighted by molar-refractivity contribution is 5.86. The third-order valence-electron chi connectivity index (χ3n) is 2.88. The first-order valence-electron chi connectivity index (χ1n) is 5.90. The van der Waals surface area contributed by atoms with E-state index in [1.54, 1.807) is 6.92 Å². The first-order valence-corrected chi connectivity index (χ1v) is 5.90. The van der Waals surface area contributed by atoms with Crippen LogP contribution in [0.25, 0.3) is 0 Å². The molecule has 0 spiro atoms. The summed E-state index contributed by atoms with van der Waals surface area (Å²) in [5.74, 6) is -0.329. The summed E-state index contributed by atoms with van der Waals surface area (Å²) in [5.41, 5.74) is 3.26. The average Bonchev–Trinajstić information content (AvgIpc) is 2.70. The normalized spacial score (nSPS) is 10.6. The largest absolute Gasteiger partial charge is 0.476 e. The van der Waals surface area contributed by atoms with Gasteiger partial charge in [-0.15, -0.1) is 0 Å². The van der Waals surface area contributed by atoms with E-state index in [2.05, 4.69) is 34.2 Å². The molecule has 1 aromatic heterocycles. The Balaban J connectivity index is 2.10. The van der Waals surface area contributed by atoms with Gasteiger partial charge in [-0.25, -0.2) is 9.78 Å². The highest BCUT2D eigenvalue weighted by Crippen LogP contribution is 2.11. The smallest absolute Gasteiger partial charge is 0.356 e. The SMILES string of the molecule is Cc1ccc(CCc2[nH]c(C)nc2C(=O)O)cc1. The Kier molecular flexibility index (Phi) is 3.46. The standard InChI is InChI=1S/C14H16N2O2/c1-9-3-5-11(6-4-9)7-8-12-13(14(17)18)16-10(2)15-12/h3-6H,7-8H2,1-2H3,(H,15,16)(H,17,18). The van der Waals surface area contributed by atoms with Crippen molar-refractivity contribution in [3.05, 3.63) is 52.6 Å². The number of nitrogens with zero attached hydrogens (tertiary/aromatic N) is 1. The van der Waals surface area contributed by atoms with E-state index in [0.29, 0.717) is 17.9 Å². The number of nitrogens with one attached hydrogen (secondary N) is 1. The minimum Gasteiger partial charge on any atom is -0.476 e. The van der Waals surface area contributed by atoms with Crippen molar-refractivity contribution in [2.45, 2.75) is 26.7 Å². The molecular formula is C14H16N2O2. The summed E-state index contributed by atoms with van der Waals surface area (Å²) in [6.07, 6.45) is 1.47. The predicted molar refractivity (Wildman–Crippen MR) is 68.9 cm³/mol. The number of aryl methyl sites for hydroxylation is 4. The number of H-pyrrole nitrogens is 1. The van der Waals surface area contributed by atoms with E-state index < -0.39 is 5.97 Å². The quantitative estimate of drug-likeness (QED) is 0.868. The molecule has 0 unspecified atom stereocenters. The van der Waals surface area contributed by atoms with Crippen LogP contribution in [0.15, 0.2) is 24.3 Å². The summed E-state index contributed by atoms with van der Waals surface area (Å²) >= 11 is 0. The lowest BCUT2D eigenvalue weighted by atomic mass is 10.1. The van der Waals surface area contributed by atoms with Crippen LogP contribution < -0.4 is 0 Å². The number of aromatic carboxylic acids is 1. The maximum absolute atomic E-state index is 11.0. The van der Waals surface area contributed by atoms with Crippen LogP contribution in [0, 0.1) is 13.8 Å². The monoisotopic (exact) mass is 244 g/mol. The molecule has 1 aromatic carbocycles. The fourth-order valence-corrected chi connectivity index (χ4v) is 1.92. The van der Waals surface area contributed by atoms with Crippen LogP contribution in [0.3, 0.4) is 0 Å². The molecule has 0 fully saturated rings. The first-order chi connectivity index (χ1) is 8.56. The van der Waals surface area contributed by atoms with Crippen molar-refractivity contribution in [1.29, 1.82) is 0 Å². The predicted octanol–water partition coefficient (Wildman–Crippen LogP) is 2.51. The van der Waals surface area contributed by atoms with Crippen molar-refractivity contribution < 1.29 is 9.90 Å². The van der Waals surface area contributed by atoms with Crippen LogP contribution in [-0.2, 0) is 12.8 Å². The molecule has 0 amide bonds. The van der Waals surface area contributed by atoms with E-state index in [9.17, 15) is 4.79 Å². The molecular weight excluding hydrogens is 228 g/mol. The molecule has 0 aliphatic rings. The summed E-state index contributed by atoms with van der Waals surface area (Å²) in [7, 11) is 0. The molecule has 2 rings (SSSR count). The van der Waals surface area contributed by atoms with Crippen LogP contribution in [0.4, 0.5) is 0 Å². The number of aromatic amines is 1. The van der Waals surface area contributed by atoms with Crippen LogP contribution >= 0.6 is 0 Å². The molecule has 0 atom stereocenters. The lowest BCUT2D eigenvalue weighted by molar-refractivity contribution is 0.0689. The lowest BCUT2D eigenvalue weighted by Crippen LogP contribution is -2.03. The van der Waals surface area contributed by atoms with Crippen LogP contribution in [0.2, 0.25) is 0 Å². The second-order valence-corrected chi connectivity index (χ2v) is 4.44. The van der Waals surface area contributed by atoms with Crippen molar-refractivity contribution >= 4 is 5.97 Å². The highest BCUT2D eigenvalue weighted by Gasteiger charge is 2.14. The molecule has 0 radical (unpaired) electrons. The number of benzene rings is 1. The molecule has 1 heterocycles. The molecule has 4 nitrogen and oxygen atoms in total. The Morgan fingerprint density at radius 2 is 1.89 bits per heavy atom. The number of hydrogen-bond donors (Lipinski definition) is 2. The Labute approximate surface area is 106 Å². The first kappa shape index (κ1) is 12.4. The van der Waals surface area contributed by atoms with Gasteiger partial charge in [-0.3, -0.25) is 0 Å². The van der Waals surface area contributed by atoms with Gasteiger partial charge in [0.15, 0.2) is 5.69 Å². The number of hydrogen-bond acceptors (Lipinski definition) is 2. The average molecular weight is 244 g/mol. The number of imidazole rings is 1. The molecule has 2 N–H and O–H groups in total. The third kappa shape index (κ3) is 2.77. The Morgan fingerprint density at radius 1 is 1.22 bits per heavy atom. The fourth-order valence-electron chi connectivity index (χ4n) is 1.92. The van der Waals surface area contributed by atoms with E-state index in [0.717, 1.165) is 6.42 Å². The van der Waals surface area contributed by atoms with Gasteiger partial charge in [0.25, 0.3) is 0 Å². The molecule has 2 aromatic rings. The number of rotatable bonds is 4. The van der Waals surface area contributed by atoms with Gasteiger partial charge in [-0.05, 0) is 32.3 Å². The Hall–Kier alpha value is -2.10. The molecule has 0 aliphatic heterocycles. The zero-order valence-corrected chi connectivity index (χ0v) is 10.5. The second kappa shape index (κ2) is 5.04. The van der Waals surface area contributed by atoms with E-state index in [4.69, 9.17) is 5.11 Å². The van der Waals surface area contributed by atoms with Gasteiger partial charge in [0, 0.05) is 5.69 Å². The number of carboxylic acid groups (broad SMARTS) is 1. The van der Waals surface area contributed by atoms with Crippen LogP contribution in [0.1, 0.15) is 33.1 Å². The van der Waals surface area contributed by atoms with Crippen molar-refractivity contribution in [2.75, 3.05) is 0 Å². The second-order valence-electron chi connectivity index (χ2n) is 4.44. The van der Waals surface area contributed by atoms with Crippen molar-refractivity contribution in [1.82, 2.24) is 9.97 Å². The molecule has 0 saturated carbocycles. The van der Waals surface area contributed by atoms with E-state index in [1.165, 1.54) is 11.1 Å². The number of carboxylic acids is 1. The topological polar surface area (TPSA) is 66.0 Å². The molecule has 18 heavy (non-hydrogen) atoms.